The molecule has 2 aromatic rings. The number of carboxylic acid groups (broad SMARTS) is 1. The number of hydrogen-bond donors (Lipinski definition) is 3. The lowest BCUT2D eigenvalue weighted by atomic mass is 10.2. The molecule has 19 heavy (non-hydrogen) atoms. The first-order chi connectivity index (χ1) is 9.02. The zero-order valence-electron chi connectivity index (χ0n) is 10.6. The lowest BCUT2D eigenvalue weighted by Gasteiger charge is -2.02. The quantitative estimate of drug-likeness (QED) is 0.804. The monoisotopic (exact) mass is 278 g/mol. The van der Waals surface area contributed by atoms with Gasteiger partial charge in [0, 0.05) is 16.8 Å². The molecule has 3 N–H and O–H groups in total. The number of H-pyrrole nitrogens is 1. The molecule has 0 saturated heterocycles. The summed E-state index contributed by atoms with van der Waals surface area (Å²) in [7, 11) is 0. The minimum absolute atomic E-state index is 0.0978. The fourth-order valence-corrected chi connectivity index (χ4v) is 2.62. The van der Waals surface area contributed by atoms with Crippen molar-refractivity contribution in [3.05, 3.63) is 39.3 Å². The van der Waals surface area contributed by atoms with Gasteiger partial charge in [-0.15, -0.1) is 11.3 Å². The molecule has 2 heterocycles. The molecule has 0 aliphatic heterocycles. The van der Waals surface area contributed by atoms with Crippen LogP contribution in [-0.2, 0) is 6.42 Å². The predicted octanol–water partition coefficient (Wildman–Crippen LogP) is 2.90. The first-order valence-electron chi connectivity index (χ1n) is 5.84. The maximum Gasteiger partial charge on any atom is 0.339 e. The normalized spacial score (nSPS) is 10.4. The third-order valence-corrected chi connectivity index (χ3v) is 4.00. The molecular formula is C13H14N2O3S. The molecular weight excluding hydrogens is 264 g/mol. The molecule has 0 spiro atoms. The minimum Gasteiger partial charge on any atom is -0.478 e. The van der Waals surface area contributed by atoms with E-state index >= 15 is 0 Å². The molecule has 2 aromatic heterocycles. The molecule has 0 saturated carbocycles. The van der Waals surface area contributed by atoms with Crippen molar-refractivity contribution < 1.29 is 14.7 Å². The summed E-state index contributed by atoms with van der Waals surface area (Å²) in [6.45, 7) is 3.67. The Kier molecular flexibility index (Phi) is 3.71. The van der Waals surface area contributed by atoms with Gasteiger partial charge in [-0.1, -0.05) is 6.92 Å². The van der Waals surface area contributed by atoms with E-state index in [2.05, 4.69) is 10.3 Å². The second-order valence-electron chi connectivity index (χ2n) is 4.08. The average molecular weight is 278 g/mol. The Hall–Kier alpha value is -2.08. The number of aromatic nitrogens is 1. The Labute approximate surface area is 114 Å². The van der Waals surface area contributed by atoms with Crippen LogP contribution in [0.2, 0.25) is 0 Å². The Morgan fingerprint density at radius 1 is 1.42 bits per heavy atom. The minimum atomic E-state index is -1.06. The molecule has 0 radical (unpaired) electrons. The molecule has 6 heteroatoms. The van der Waals surface area contributed by atoms with Crippen molar-refractivity contribution in [2.75, 3.05) is 5.32 Å². The van der Waals surface area contributed by atoms with Gasteiger partial charge < -0.3 is 15.4 Å². The Bertz CT molecular complexity index is 628. The first kappa shape index (κ1) is 13.4. The van der Waals surface area contributed by atoms with Crippen LogP contribution in [0.1, 0.15) is 37.5 Å². The fraction of sp³-hybridized carbons (Fsp3) is 0.231. The van der Waals surface area contributed by atoms with E-state index in [0.29, 0.717) is 16.3 Å². The van der Waals surface area contributed by atoms with Gasteiger partial charge in [0.1, 0.15) is 5.56 Å². The van der Waals surface area contributed by atoms with E-state index in [1.807, 2.05) is 13.0 Å². The number of nitrogens with one attached hydrogen (secondary N) is 2. The van der Waals surface area contributed by atoms with E-state index < -0.39 is 5.97 Å². The summed E-state index contributed by atoms with van der Waals surface area (Å²) in [5.41, 5.74) is 0.908. The van der Waals surface area contributed by atoms with Crippen molar-refractivity contribution in [3.8, 4) is 0 Å². The van der Waals surface area contributed by atoms with Crippen LogP contribution < -0.4 is 5.32 Å². The highest BCUT2D eigenvalue weighted by Gasteiger charge is 2.18. The van der Waals surface area contributed by atoms with E-state index in [1.165, 1.54) is 17.5 Å². The van der Waals surface area contributed by atoms with Crippen LogP contribution in [0.5, 0.6) is 0 Å². The summed E-state index contributed by atoms with van der Waals surface area (Å²) in [5, 5.41) is 11.7. The molecule has 1 amide bonds. The highest BCUT2D eigenvalue weighted by molar-refractivity contribution is 7.14. The molecule has 0 aliphatic carbocycles. The van der Waals surface area contributed by atoms with Crippen LogP contribution in [0, 0.1) is 6.92 Å². The summed E-state index contributed by atoms with van der Waals surface area (Å²) in [6.07, 6.45) is 2.37. The Morgan fingerprint density at radius 3 is 2.74 bits per heavy atom. The number of amides is 1. The van der Waals surface area contributed by atoms with Crippen LogP contribution in [0.3, 0.4) is 0 Å². The highest BCUT2D eigenvalue weighted by atomic mass is 32.1. The molecule has 0 fully saturated rings. The maximum absolute atomic E-state index is 12.0. The van der Waals surface area contributed by atoms with Gasteiger partial charge in [0.15, 0.2) is 0 Å². The number of carbonyl (C=O) groups excluding carboxylic acids is 1. The lowest BCUT2D eigenvalue weighted by Crippen LogP contribution is -2.12. The van der Waals surface area contributed by atoms with Gasteiger partial charge in [-0.05, 0) is 25.5 Å². The molecule has 5 nitrogen and oxygen atoms in total. The standard InChI is InChI=1S/C13H14N2O3S/c1-3-8-4-5-10(19-8)12(16)15-9-6-14-7(2)11(9)13(17)18/h4-6,14H,3H2,1-2H3,(H,15,16)(H,17,18). The van der Waals surface area contributed by atoms with Crippen LogP contribution in [0.15, 0.2) is 18.3 Å². The van der Waals surface area contributed by atoms with Gasteiger partial charge in [0.2, 0.25) is 0 Å². The predicted molar refractivity (Wildman–Crippen MR) is 74.1 cm³/mol. The summed E-state index contributed by atoms with van der Waals surface area (Å²) < 4.78 is 0. The SMILES string of the molecule is CCc1ccc(C(=O)Nc2c[nH]c(C)c2C(=O)O)s1. The molecule has 0 aromatic carbocycles. The number of thiophene rings is 1. The zero-order chi connectivity index (χ0) is 14.0. The number of carboxylic acids is 1. The number of rotatable bonds is 4. The molecule has 0 atom stereocenters. The topological polar surface area (TPSA) is 82.2 Å². The maximum atomic E-state index is 12.0. The van der Waals surface area contributed by atoms with Crippen LogP contribution in [0.4, 0.5) is 5.69 Å². The molecule has 0 aliphatic rings. The van der Waals surface area contributed by atoms with E-state index in [-0.39, 0.29) is 11.5 Å². The molecule has 100 valence electrons. The second kappa shape index (κ2) is 5.27. The average Bonchev–Trinajstić information content (AvgIpc) is 2.96. The van der Waals surface area contributed by atoms with Crippen LogP contribution in [0.25, 0.3) is 0 Å². The van der Waals surface area contributed by atoms with Crippen molar-refractivity contribution in [3.63, 3.8) is 0 Å². The number of hydrogen-bond acceptors (Lipinski definition) is 3. The lowest BCUT2D eigenvalue weighted by molar-refractivity contribution is 0.0697. The van der Waals surface area contributed by atoms with Gasteiger partial charge in [0.05, 0.1) is 10.6 Å². The largest absolute Gasteiger partial charge is 0.478 e. The van der Waals surface area contributed by atoms with E-state index in [9.17, 15) is 9.59 Å². The van der Waals surface area contributed by atoms with E-state index in [4.69, 9.17) is 5.11 Å². The van der Waals surface area contributed by atoms with Gasteiger partial charge >= 0.3 is 5.97 Å². The molecule has 0 unspecified atom stereocenters. The number of aryl methyl sites for hydroxylation is 2. The van der Waals surface area contributed by atoms with Crippen LogP contribution in [-0.4, -0.2) is 22.0 Å². The van der Waals surface area contributed by atoms with Crippen molar-refractivity contribution >= 4 is 28.9 Å². The van der Waals surface area contributed by atoms with Gasteiger partial charge in [-0.2, -0.15) is 0 Å². The second-order valence-corrected chi connectivity index (χ2v) is 5.25. The molecule has 0 bridgehead atoms. The van der Waals surface area contributed by atoms with Crippen molar-refractivity contribution in [1.82, 2.24) is 4.98 Å². The van der Waals surface area contributed by atoms with E-state index in [1.54, 1.807) is 13.0 Å². The smallest absolute Gasteiger partial charge is 0.339 e. The van der Waals surface area contributed by atoms with Crippen molar-refractivity contribution in [1.29, 1.82) is 0 Å². The summed E-state index contributed by atoms with van der Waals surface area (Å²) >= 11 is 1.41. The number of aromatic carboxylic acids is 1. The first-order valence-corrected chi connectivity index (χ1v) is 6.66. The number of aromatic amines is 1. The van der Waals surface area contributed by atoms with Gasteiger partial charge in [-0.25, -0.2) is 4.79 Å². The third kappa shape index (κ3) is 2.68. The van der Waals surface area contributed by atoms with Gasteiger partial charge in [-0.3, -0.25) is 4.79 Å². The summed E-state index contributed by atoms with van der Waals surface area (Å²) in [4.78, 5) is 27.6. The van der Waals surface area contributed by atoms with E-state index in [0.717, 1.165) is 11.3 Å². The summed E-state index contributed by atoms with van der Waals surface area (Å²) in [6, 6.07) is 3.65. The van der Waals surface area contributed by atoms with Crippen molar-refractivity contribution in [2.45, 2.75) is 20.3 Å². The summed E-state index contributed by atoms with van der Waals surface area (Å²) in [5.74, 6) is -1.35. The fourth-order valence-electron chi connectivity index (χ4n) is 1.77. The zero-order valence-corrected chi connectivity index (χ0v) is 11.4. The van der Waals surface area contributed by atoms with Crippen molar-refractivity contribution in [2.24, 2.45) is 0 Å². The molecule has 2 rings (SSSR count). The Balaban J connectivity index is 2.21. The number of anilines is 1. The van der Waals surface area contributed by atoms with Crippen LogP contribution >= 0.6 is 11.3 Å². The Morgan fingerprint density at radius 2 is 2.16 bits per heavy atom. The highest BCUT2D eigenvalue weighted by Crippen LogP contribution is 2.22. The number of carbonyl (C=O) groups is 2. The third-order valence-electron chi connectivity index (χ3n) is 2.77. The van der Waals surface area contributed by atoms with Gasteiger partial charge in [0.25, 0.3) is 5.91 Å².